The zero-order valence-corrected chi connectivity index (χ0v) is 10.9. The van der Waals surface area contributed by atoms with Crippen LogP contribution in [0.3, 0.4) is 0 Å². The van der Waals surface area contributed by atoms with Crippen LogP contribution in [-0.2, 0) is 4.79 Å². The van der Waals surface area contributed by atoms with Gasteiger partial charge in [-0.25, -0.2) is 0 Å². The van der Waals surface area contributed by atoms with Crippen LogP contribution in [0, 0.1) is 5.92 Å². The van der Waals surface area contributed by atoms with Gasteiger partial charge >= 0.3 is 5.97 Å². The van der Waals surface area contributed by atoms with Crippen LogP contribution in [-0.4, -0.2) is 30.3 Å². The van der Waals surface area contributed by atoms with Crippen LogP contribution in [0.2, 0.25) is 0 Å². The van der Waals surface area contributed by atoms with Crippen molar-refractivity contribution in [1.29, 1.82) is 0 Å². The fourth-order valence-electron chi connectivity index (χ4n) is 2.40. The summed E-state index contributed by atoms with van der Waals surface area (Å²) in [4.78, 5) is 11.1. The zero-order chi connectivity index (χ0) is 13.9. The van der Waals surface area contributed by atoms with Gasteiger partial charge in [0.2, 0.25) is 0 Å². The molecule has 3 N–H and O–H groups in total. The molecule has 0 aliphatic carbocycles. The maximum atomic E-state index is 11.1. The van der Waals surface area contributed by atoms with Crippen molar-refractivity contribution in [2.45, 2.75) is 6.04 Å². The quantitative estimate of drug-likeness (QED) is 0.784. The summed E-state index contributed by atoms with van der Waals surface area (Å²) in [5.41, 5.74) is 5.80. The maximum Gasteiger partial charge on any atom is 0.309 e. The largest absolute Gasteiger partial charge is 0.492 e. The van der Waals surface area contributed by atoms with Gasteiger partial charge in [0.25, 0.3) is 0 Å². The molecule has 3 rings (SSSR count). The number of carboxylic acid groups (broad SMARTS) is 1. The van der Waals surface area contributed by atoms with Crippen LogP contribution >= 0.6 is 0 Å². The predicted octanol–water partition coefficient (Wildman–Crippen LogP) is 1.40. The summed E-state index contributed by atoms with van der Waals surface area (Å²) in [6.45, 7) is 0.739. The van der Waals surface area contributed by atoms with Crippen molar-refractivity contribution in [2.24, 2.45) is 5.92 Å². The van der Waals surface area contributed by atoms with E-state index in [0.717, 1.165) is 16.5 Å². The molecule has 0 radical (unpaired) electrons. The normalized spacial score (nSPS) is 22.0. The van der Waals surface area contributed by atoms with Gasteiger partial charge in [-0.3, -0.25) is 15.6 Å². The SMILES string of the molecule is O=C(O)C1CNNC1COc1ccc2ccccc2c1. The summed E-state index contributed by atoms with van der Waals surface area (Å²) >= 11 is 0. The average Bonchev–Trinajstić information content (AvgIpc) is 2.93. The molecule has 0 amide bonds. The number of nitrogens with one attached hydrogen (secondary N) is 2. The van der Waals surface area contributed by atoms with Crippen LogP contribution in [0.15, 0.2) is 42.5 Å². The van der Waals surface area contributed by atoms with Crippen LogP contribution < -0.4 is 15.6 Å². The summed E-state index contributed by atoms with van der Waals surface area (Å²) in [6, 6.07) is 13.7. The summed E-state index contributed by atoms with van der Waals surface area (Å²) in [7, 11) is 0. The van der Waals surface area contributed by atoms with E-state index in [0.29, 0.717) is 13.2 Å². The van der Waals surface area contributed by atoms with Gasteiger partial charge in [-0.15, -0.1) is 0 Å². The van der Waals surface area contributed by atoms with E-state index in [-0.39, 0.29) is 6.04 Å². The van der Waals surface area contributed by atoms with Crippen molar-refractivity contribution in [3.05, 3.63) is 42.5 Å². The number of benzene rings is 2. The molecule has 0 bridgehead atoms. The predicted molar refractivity (Wildman–Crippen MR) is 75.5 cm³/mol. The van der Waals surface area contributed by atoms with E-state index in [1.165, 1.54) is 0 Å². The molecule has 1 aliphatic heterocycles. The van der Waals surface area contributed by atoms with Gasteiger partial charge in [0.15, 0.2) is 0 Å². The van der Waals surface area contributed by atoms with E-state index in [2.05, 4.69) is 10.9 Å². The highest BCUT2D eigenvalue weighted by Crippen LogP contribution is 2.21. The Bertz CT molecular complexity index is 629. The molecule has 0 spiro atoms. The molecule has 5 heteroatoms. The third-order valence-electron chi connectivity index (χ3n) is 3.56. The van der Waals surface area contributed by atoms with Gasteiger partial charge in [-0.05, 0) is 22.9 Å². The van der Waals surface area contributed by atoms with Crippen molar-refractivity contribution in [1.82, 2.24) is 10.9 Å². The van der Waals surface area contributed by atoms with E-state index >= 15 is 0 Å². The Hall–Kier alpha value is -2.11. The van der Waals surface area contributed by atoms with Gasteiger partial charge in [-0.1, -0.05) is 30.3 Å². The first-order chi connectivity index (χ1) is 9.74. The third-order valence-corrected chi connectivity index (χ3v) is 3.56. The average molecular weight is 272 g/mol. The number of ether oxygens (including phenoxy) is 1. The zero-order valence-electron chi connectivity index (χ0n) is 10.9. The summed E-state index contributed by atoms with van der Waals surface area (Å²) in [6.07, 6.45) is 0. The smallest absolute Gasteiger partial charge is 0.309 e. The summed E-state index contributed by atoms with van der Waals surface area (Å²) in [5, 5.41) is 11.4. The second kappa shape index (κ2) is 5.48. The van der Waals surface area contributed by atoms with Crippen LogP contribution in [0.4, 0.5) is 0 Å². The number of fused-ring (bicyclic) bond motifs is 1. The van der Waals surface area contributed by atoms with Crippen LogP contribution in [0.1, 0.15) is 0 Å². The molecule has 1 aliphatic rings. The van der Waals surface area contributed by atoms with E-state index in [4.69, 9.17) is 9.84 Å². The number of carboxylic acids is 1. The number of carbonyl (C=O) groups is 1. The molecule has 2 atom stereocenters. The molecule has 5 nitrogen and oxygen atoms in total. The standard InChI is InChI=1S/C15H16N2O3/c18-15(19)13-8-16-17-14(13)9-20-12-6-5-10-3-1-2-4-11(10)7-12/h1-7,13-14,16-17H,8-9H2,(H,18,19). The summed E-state index contributed by atoms with van der Waals surface area (Å²) in [5.74, 6) is -0.522. The summed E-state index contributed by atoms with van der Waals surface area (Å²) < 4.78 is 5.71. The first-order valence-corrected chi connectivity index (χ1v) is 6.57. The molecule has 2 aromatic carbocycles. The maximum absolute atomic E-state index is 11.1. The lowest BCUT2D eigenvalue weighted by molar-refractivity contribution is -0.141. The minimum absolute atomic E-state index is 0.223. The van der Waals surface area contributed by atoms with Gasteiger partial charge in [0, 0.05) is 6.54 Å². The topological polar surface area (TPSA) is 70.6 Å². The molecular formula is C15H16N2O3. The lowest BCUT2D eigenvalue weighted by Gasteiger charge is -2.16. The number of hydrogen-bond acceptors (Lipinski definition) is 4. The monoisotopic (exact) mass is 272 g/mol. The Morgan fingerprint density at radius 1 is 1.25 bits per heavy atom. The second-order valence-corrected chi connectivity index (χ2v) is 4.90. The minimum Gasteiger partial charge on any atom is -0.492 e. The number of aliphatic carboxylic acids is 1. The Labute approximate surface area is 116 Å². The first kappa shape index (κ1) is 12.9. The van der Waals surface area contributed by atoms with Gasteiger partial charge in [0.1, 0.15) is 12.4 Å². The Morgan fingerprint density at radius 2 is 2.05 bits per heavy atom. The molecule has 104 valence electrons. The van der Waals surface area contributed by atoms with E-state index in [9.17, 15) is 4.79 Å². The highest BCUT2D eigenvalue weighted by molar-refractivity contribution is 5.83. The molecule has 2 unspecified atom stereocenters. The van der Waals surface area contributed by atoms with Gasteiger partial charge in [-0.2, -0.15) is 0 Å². The van der Waals surface area contributed by atoms with Crippen molar-refractivity contribution >= 4 is 16.7 Å². The van der Waals surface area contributed by atoms with Crippen LogP contribution in [0.25, 0.3) is 10.8 Å². The van der Waals surface area contributed by atoms with Gasteiger partial charge < -0.3 is 9.84 Å². The fourth-order valence-corrected chi connectivity index (χ4v) is 2.40. The highest BCUT2D eigenvalue weighted by Gasteiger charge is 2.33. The molecular weight excluding hydrogens is 256 g/mol. The third kappa shape index (κ3) is 2.59. The van der Waals surface area contributed by atoms with E-state index in [1.54, 1.807) is 0 Å². The Balaban J connectivity index is 1.69. The molecule has 1 saturated heterocycles. The molecule has 0 saturated carbocycles. The van der Waals surface area contributed by atoms with Crippen molar-refractivity contribution in [3.63, 3.8) is 0 Å². The molecule has 20 heavy (non-hydrogen) atoms. The lowest BCUT2D eigenvalue weighted by atomic mass is 10.0. The first-order valence-electron chi connectivity index (χ1n) is 6.57. The lowest BCUT2D eigenvalue weighted by Crippen LogP contribution is -2.38. The number of rotatable bonds is 4. The van der Waals surface area contributed by atoms with Crippen molar-refractivity contribution < 1.29 is 14.6 Å². The van der Waals surface area contributed by atoms with Crippen molar-refractivity contribution in [3.8, 4) is 5.75 Å². The Kier molecular flexibility index (Phi) is 3.54. The van der Waals surface area contributed by atoms with Gasteiger partial charge in [0.05, 0.1) is 12.0 Å². The van der Waals surface area contributed by atoms with E-state index < -0.39 is 11.9 Å². The molecule has 2 aromatic rings. The highest BCUT2D eigenvalue weighted by atomic mass is 16.5. The molecule has 1 fully saturated rings. The van der Waals surface area contributed by atoms with Crippen molar-refractivity contribution in [2.75, 3.05) is 13.2 Å². The van der Waals surface area contributed by atoms with E-state index in [1.807, 2.05) is 42.5 Å². The molecule has 1 heterocycles. The van der Waals surface area contributed by atoms with Crippen LogP contribution in [0.5, 0.6) is 5.75 Å². The number of hydrogen-bond donors (Lipinski definition) is 3. The second-order valence-electron chi connectivity index (χ2n) is 4.90. The fraction of sp³-hybridized carbons (Fsp3) is 0.267. The number of hydrazine groups is 1. The molecule has 0 aromatic heterocycles. The Morgan fingerprint density at radius 3 is 2.85 bits per heavy atom. The minimum atomic E-state index is -0.811.